The number of aryl methyl sites for hydroxylation is 2. The molecule has 2 aromatic heterocycles. The average Bonchev–Trinajstić information content (AvgIpc) is 3.08. The molecule has 0 aliphatic rings. The fourth-order valence-corrected chi connectivity index (χ4v) is 3.56. The van der Waals surface area contributed by atoms with Crippen molar-refractivity contribution in [3.05, 3.63) is 33.5 Å². The lowest BCUT2D eigenvalue weighted by Crippen LogP contribution is -2.31. The maximum atomic E-state index is 12.5. The number of rotatable bonds is 6. The van der Waals surface area contributed by atoms with Gasteiger partial charge in [0, 0.05) is 43.2 Å². The Labute approximate surface area is 135 Å². The van der Waals surface area contributed by atoms with Crippen molar-refractivity contribution in [1.82, 2.24) is 20.1 Å². The van der Waals surface area contributed by atoms with Crippen LogP contribution in [-0.4, -0.2) is 39.6 Å². The summed E-state index contributed by atoms with van der Waals surface area (Å²) in [7, 11) is 1.87. The molecule has 0 fully saturated rings. The summed E-state index contributed by atoms with van der Waals surface area (Å²) in [5.74, 6) is 0.599. The third-order valence-corrected chi connectivity index (χ3v) is 5.01. The fraction of sp³-hybridized carbons (Fsp3) is 0.562. The van der Waals surface area contributed by atoms with Gasteiger partial charge in [-0.15, -0.1) is 11.3 Å². The first-order valence-electron chi connectivity index (χ1n) is 7.55. The van der Waals surface area contributed by atoms with Crippen LogP contribution in [0.4, 0.5) is 0 Å². The molecule has 0 spiro atoms. The second kappa shape index (κ2) is 7.05. The van der Waals surface area contributed by atoms with E-state index in [0.717, 1.165) is 22.0 Å². The highest BCUT2D eigenvalue weighted by molar-refractivity contribution is 7.09. The fourth-order valence-electron chi connectivity index (χ4n) is 2.87. The third kappa shape index (κ3) is 3.74. The predicted molar refractivity (Wildman–Crippen MR) is 89.3 cm³/mol. The van der Waals surface area contributed by atoms with E-state index in [1.54, 1.807) is 11.3 Å². The maximum absolute atomic E-state index is 12.5. The van der Waals surface area contributed by atoms with E-state index in [4.69, 9.17) is 0 Å². The summed E-state index contributed by atoms with van der Waals surface area (Å²) in [4.78, 5) is 18.6. The van der Waals surface area contributed by atoms with Gasteiger partial charge in [0.2, 0.25) is 5.91 Å². The van der Waals surface area contributed by atoms with E-state index in [0.29, 0.717) is 13.0 Å². The molecule has 22 heavy (non-hydrogen) atoms. The summed E-state index contributed by atoms with van der Waals surface area (Å²) in [6.07, 6.45) is 2.31. The number of carbonyl (C=O) groups is 1. The molecule has 0 bridgehead atoms. The van der Waals surface area contributed by atoms with Crippen LogP contribution in [0.25, 0.3) is 0 Å². The highest BCUT2D eigenvalue weighted by atomic mass is 32.1. The summed E-state index contributed by atoms with van der Waals surface area (Å²) in [6, 6.07) is 0. The van der Waals surface area contributed by atoms with Gasteiger partial charge in [-0.3, -0.25) is 9.89 Å². The van der Waals surface area contributed by atoms with Gasteiger partial charge < -0.3 is 4.90 Å². The molecule has 0 saturated carbocycles. The van der Waals surface area contributed by atoms with Crippen molar-refractivity contribution in [2.24, 2.45) is 0 Å². The van der Waals surface area contributed by atoms with Crippen LogP contribution < -0.4 is 0 Å². The number of nitrogens with zero attached hydrogens (tertiary/aromatic N) is 3. The smallest absolute Gasteiger partial charge is 0.222 e. The molecule has 0 saturated heterocycles. The molecule has 120 valence electrons. The van der Waals surface area contributed by atoms with Gasteiger partial charge in [-0.25, -0.2) is 4.98 Å². The van der Waals surface area contributed by atoms with Crippen LogP contribution in [0.2, 0.25) is 0 Å². The Morgan fingerprint density at radius 1 is 1.36 bits per heavy atom. The largest absolute Gasteiger partial charge is 0.345 e. The minimum Gasteiger partial charge on any atom is -0.345 e. The van der Waals surface area contributed by atoms with Gasteiger partial charge in [-0.05, 0) is 25.3 Å². The van der Waals surface area contributed by atoms with Crippen LogP contribution in [0.3, 0.4) is 0 Å². The molecule has 5 nitrogen and oxygen atoms in total. The van der Waals surface area contributed by atoms with Gasteiger partial charge in [-0.2, -0.15) is 5.10 Å². The van der Waals surface area contributed by atoms with Crippen LogP contribution in [0, 0.1) is 13.8 Å². The standard InChI is InChI=1S/C16H24N4OS/c1-10(15-12(3)18-19-13(15)4)8-14(21)20(5)9-11(2)16-17-6-7-22-16/h6-7,10-11H,8-9H2,1-5H3,(H,18,19)/t10-,11+/m0/s1. The number of H-pyrrole nitrogens is 1. The van der Waals surface area contributed by atoms with Gasteiger partial charge in [-0.1, -0.05) is 13.8 Å². The van der Waals surface area contributed by atoms with E-state index < -0.39 is 0 Å². The lowest BCUT2D eigenvalue weighted by atomic mass is 9.95. The van der Waals surface area contributed by atoms with E-state index in [-0.39, 0.29) is 17.7 Å². The molecular weight excluding hydrogens is 296 g/mol. The van der Waals surface area contributed by atoms with Gasteiger partial charge in [0.1, 0.15) is 0 Å². The third-order valence-electron chi connectivity index (χ3n) is 4.01. The average molecular weight is 320 g/mol. The molecule has 2 aromatic rings. The van der Waals surface area contributed by atoms with Crippen molar-refractivity contribution in [1.29, 1.82) is 0 Å². The number of amides is 1. The van der Waals surface area contributed by atoms with Crippen LogP contribution in [-0.2, 0) is 4.79 Å². The molecule has 0 aromatic carbocycles. The van der Waals surface area contributed by atoms with Crippen molar-refractivity contribution in [2.75, 3.05) is 13.6 Å². The number of carbonyl (C=O) groups excluding carboxylic acids is 1. The molecule has 2 heterocycles. The van der Waals surface area contributed by atoms with E-state index in [1.807, 2.05) is 37.4 Å². The SMILES string of the molecule is Cc1n[nH]c(C)c1[C@@H](C)CC(=O)N(C)C[C@@H](C)c1nccs1. The van der Waals surface area contributed by atoms with Gasteiger partial charge in [0.25, 0.3) is 0 Å². The van der Waals surface area contributed by atoms with Crippen LogP contribution in [0.1, 0.15) is 54.1 Å². The van der Waals surface area contributed by atoms with E-state index >= 15 is 0 Å². The number of nitrogens with one attached hydrogen (secondary N) is 1. The Morgan fingerprint density at radius 2 is 2.09 bits per heavy atom. The normalized spacial score (nSPS) is 13.9. The second-order valence-corrected chi connectivity index (χ2v) is 6.92. The first kappa shape index (κ1) is 16.7. The summed E-state index contributed by atoms with van der Waals surface area (Å²) in [6.45, 7) is 8.87. The molecule has 0 radical (unpaired) electrons. The van der Waals surface area contributed by atoms with Gasteiger partial charge in [0.15, 0.2) is 0 Å². The Bertz CT molecular complexity index is 601. The lowest BCUT2D eigenvalue weighted by Gasteiger charge is -2.22. The number of aromatic nitrogens is 3. The zero-order chi connectivity index (χ0) is 16.3. The summed E-state index contributed by atoms with van der Waals surface area (Å²) in [5, 5.41) is 10.3. The first-order valence-corrected chi connectivity index (χ1v) is 8.43. The first-order chi connectivity index (χ1) is 10.4. The highest BCUT2D eigenvalue weighted by Crippen LogP contribution is 2.25. The predicted octanol–water partition coefficient (Wildman–Crippen LogP) is 3.24. The zero-order valence-corrected chi connectivity index (χ0v) is 14.7. The van der Waals surface area contributed by atoms with Crippen molar-refractivity contribution in [3.63, 3.8) is 0 Å². The molecule has 1 N–H and O–H groups in total. The Kier molecular flexibility index (Phi) is 5.34. The van der Waals surface area contributed by atoms with Crippen molar-refractivity contribution in [2.45, 2.75) is 46.0 Å². The van der Waals surface area contributed by atoms with E-state index in [2.05, 4.69) is 29.0 Å². The number of thiazole rings is 1. The molecular formula is C16H24N4OS. The second-order valence-electron chi connectivity index (χ2n) is 6.00. The Morgan fingerprint density at radius 3 is 2.64 bits per heavy atom. The number of hydrogen-bond donors (Lipinski definition) is 1. The Balaban J connectivity index is 1.94. The van der Waals surface area contributed by atoms with Crippen molar-refractivity contribution < 1.29 is 4.79 Å². The van der Waals surface area contributed by atoms with Crippen LogP contribution in [0.15, 0.2) is 11.6 Å². The molecule has 6 heteroatoms. The Hall–Kier alpha value is -1.69. The molecule has 0 unspecified atom stereocenters. The van der Waals surface area contributed by atoms with Gasteiger partial charge in [0.05, 0.1) is 10.7 Å². The number of hydrogen-bond acceptors (Lipinski definition) is 4. The highest BCUT2D eigenvalue weighted by Gasteiger charge is 2.21. The minimum atomic E-state index is 0.163. The molecule has 2 atom stereocenters. The van der Waals surface area contributed by atoms with Crippen LogP contribution in [0.5, 0.6) is 0 Å². The summed E-state index contributed by atoms with van der Waals surface area (Å²) in [5.41, 5.74) is 3.20. The number of likely N-dealkylation sites (N-methyl/N-ethyl adjacent to an activating group) is 1. The lowest BCUT2D eigenvalue weighted by molar-refractivity contribution is -0.130. The minimum absolute atomic E-state index is 0.163. The summed E-state index contributed by atoms with van der Waals surface area (Å²) < 4.78 is 0. The molecule has 1 amide bonds. The van der Waals surface area contributed by atoms with Crippen LogP contribution >= 0.6 is 11.3 Å². The number of aromatic amines is 1. The molecule has 2 rings (SSSR count). The molecule has 0 aliphatic heterocycles. The van der Waals surface area contributed by atoms with Crippen molar-refractivity contribution in [3.8, 4) is 0 Å². The zero-order valence-electron chi connectivity index (χ0n) is 13.9. The van der Waals surface area contributed by atoms with E-state index in [1.165, 1.54) is 0 Å². The maximum Gasteiger partial charge on any atom is 0.222 e. The topological polar surface area (TPSA) is 61.9 Å². The van der Waals surface area contributed by atoms with Crippen molar-refractivity contribution >= 4 is 17.2 Å². The summed E-state index contributed by atoms with van der Waals surface area (Å²) >= 11 is 1.64. The molecule has 0 aliphatic carbocycles. The van der Waals surface area contributed by atoms with E-state index in [9.17, 15) is 4.79 Å². The monoisotopic (exact) mass is 320 g/mol. The van der Waals surface area contributed by atoms with Gasteiger partial charge >= 0.3 is 0 Å². The quantitative estimate of drug-likeness (QED) is 0.889.